The number of aromatic nitrogens is 2. The molecule has 0 bridgehead atoms. The molecule has 0 aliphatic heterocycles. The normalized spacial score (nSPS) is 15.7. The predicted molar refractivity (Wildman–Crippen MR) is 254 cm³/mol. The molecule has 0 amide bonds. The first-order valence-electron chi connectivity index (χ1n) is 21.3. The van der Waals surface area contributed by atoms with Gasteiger partial charge in [-0.25, -0.2) is 9.97 Å². The van der Waals surface area contributed by atoms with Crippen LogP contribution < -0.4 is 0 Å². The molecule has 2 nitrogen and oxygen atoms in total. The largest absolute Gasteiger partial charge is 0.228 e. The molecule has 12 rings (SSSR count). The number of fused-ring (bicyclic) bond motifs is 9. The van der Waals surface area contributed by atoms with Crippen LogP contribution in [0.2, 0.25) is 0 Å². The second-order valence-electron chi connectivity index (χ2n) is 17.4. The van der Waals surface area contributed by atoms with Gasteiger partial charge in [-0.05, 0) is 108 Å². The first kappa shape index (κ1) is 35.5. The van der Waals surface area contributed by atoms with Crippen LogP contribution in [0.25, 0.3) is 88.8 Å². The zero-order valence-corrected chi connectivity index (χ0v) is 34.4. The first-order valence-corrected chi connectivity index (χ1v) is 21.3. The van der Waals surface area contributed by atoms with Crippen LogP contribution in [-0.4, -0.2) is 9.97 Å². The van der Waals surface area contributed by atoms with Crippen LogP contribution in [-0.2, 0) is 10.8 Å². The molecule has 0 spiro atoms. The van der Waals surface area contributed by atoms with E-state index >= 15 is 0 Å². The summed E-state index contributed by atoms with van der Waals surface area (Å²) in [5.41, 5.74) is 18.8. The Morgan fingerprint density at radius 3 is 1.80 bits per heavy atom. The minimum absolute atomic E-state index is 0.127. The second kappa shape index (κ2) is 13.3. The van der Waals surface area contributed by atoms with E-state index in [1.807, 2.05) is 0 Å². The molecule has 1 unspecified atom stereocenters. The molecule has 61 heavy (non-hydrogen) atoms. The lowest BCUT2D eigenvalue weighted by Gasteiger charge is -2.30. The summed E-state index contributed by atoms with van der Waals surface area (Å²) in [5, 5.41) is 4.91. The molecule has 0 fully saturated rings. The third-order valence-electron chi connectivity index (χ3n) is 13.8. The highest BCUT2D eigenvalue weighted by atomic mass is 14.9. The van der Waals surface area contributed by atoms with Crippen LogP contribution in [0.15, 0.2) is 200 Å². The maximum atomic E-state index is 5.55. The molecule has 9 aromatic carbocycles. The van der Waals surface area contributed by atoms with Crippen LogP contribution in [0.3, 0.4) is 0 Å². The average molecular weight is 779 g/mol. The SMILES string of the molecule is CC1(C)c2cc(-c3ccc(-c4nc(-c5ccccc5)cc(-c5cccc6c5C(C)(c5ccccc5)c5ccccc5-6)n4)c4ccccc34)ccc2-c2c1ccc1ccccc21. The second-order valence-corrected chi connectivity index (χ2v) is 17.4. The van der Waals surface area contributed by atoms with E-state index in [-0.39, 0.29) is 10.8 Å². The Kier molecular flexibility index (Phi) is 7.74. The average Bonchev–Trinajstić information content (AvgIpc) is 3.73. The molecule has 2 aliphatic carbocycles. The van der Waals surface area contributed by atoms with Crippen molar-refractivity contribution < 1.29 is 0 Å². The van der Waals surface area contributed by atoms with E-state index in [2.05, 4.69) is 221 Å². The van der Waals surface area contributed by atoms with Gasteiger partial charge in [0.25, 0.3) is 0 Å². The predicted octanol–water partition coefficient (Wildman–Crippen LogP) is 15.1. The lowest BCUT2D eigenvalue weighted by atomic mass is 9.72. The number of hydrogen-bond acceptors (Lipinski definition) is 2. The fraction of sp³-hybridized carbons (Fsp3) is 0.0847. The van der Waals surface area contributed by atoms with Crippen molar-refractivity contribution in [3.05, 3.63) is 228 Å². The van der Waals surface area contributed by atoms with Crippen LogP contribution in [0, 0.1) is 0 Å². The molecule has 2 heteroatoms. The summed E-state index contributed by atoms with van der Waals surface area (Å²) in [5.74, 6) is 0.714. The standard InChI is InChI=1S/C59H42N2/c1-58(2)51-34-30-37-17-10-11-22-42(37)55(51)48-31-29-39(35-52(48)58)41-32-33-47(44-24-13-12-23-43(41)44)57-60-53(38-18-6-4-7-19-38)36-54(61-57)49-27-16-26-46-45-25-14-15-28-50(45)59(3,56(46)49)40-20-8-5-9-21-40/h4-36H,1-3H3. The summed E-state index contributed by atoms with van der Waals surface area (Å²) in [6, 6.07) is 73.0. The van der Waals surface area contributed by atoms with E-state index in [0.29, 0.717) is 5.82 Å². The van der Waals surface area contributed by atoms with Gasteiger partial charge in [-0.2, -0.15) is 0 Å². The quantitative estimate of drug-likeness (QED) is 0.174. The van der Waals surface area contributed by atoms with Crippen molar-refractivity contribution in [1.29, 1.82) is 0 Å². The van der Waals surface area contributed by atoms with Gasteiger partial charge in [0, 0.05) is 27.5 Å². The highest BCUT2D eigenvalue weighted by Gasteiger charge is 2.43. The lowest BCUT2D eigenvalue weighted by Crippen LogP contribution is -2.23. The minimum Gasteiger partial charge on any atom is -0.228 e. The number of hydrogen-bond donors (Lipinski definition) is 0. The van der Waals surface area contributed by atoms with Gasteiger partial charge in [0.1, 0.15) is 0 Å². The Bertz CT molecular complexity index is 3400. The van der Waals surface area contributed by atoms with E-state index in [9.17, 15) is 0 Å². The van der Waals surface area contributed by atoms with Crippen LogP contribution in [0.5, 0.6) is 0 Å². The highest BCUT2D eigenvalue weighted by molar-refractivity contribution is 6.06. The molecular weight excluding hydrogens is 737 g/mol. The number of nitrogens with zero attached hydrogens (tertiary/aromatic N) is 2. The Balaban J connectivity index is 1.05. The van der Waals surface area contributed by atoms with Crippen molar-refractivity contribution in [3.8, 4) is 67.3 Å². The molecule has 0 saturated heterocycles. The highest BCUT2D eigenvalue weighted by Crippen LogP contribution is 2.56. The molecule has 1 aromatic heterocycles. The minimum atomic E-state index is -0.380. The van der Waals surface area contributed by atoms with Crippen LogP contribution in [0.1, 0.15) is 48.6 Å². The van der Waals surface area contributed by atoms with Gasteiger partial charge in [0.2, 0.25) is 0 Å². The summed E-state index contributed by atoms with van der Waals surface area (Å²) in [4.78, 5) is 10.9. The molecule has 0 N–H and O–H groups in total. The summed E-state index contributed by atoms with van der Waals surface area (Å²) in [7, 11) is 0. The van der Waals surface area contributed by atoms with E-state index in [1.165, 1.54) is 77.4 Å². The molecule has 0 saturated carbocycles. The van der Waals surface area contributed by atoms with Crippen LogP contribution in [0.4, 0.5) is 0 Å². The Morgan fingerprint density at radius 2 is 0.984 bits per heavy atom. The molecular formula is C59H42N2. The monoisotopic (exact) mass is 778 g/mol. The van der Waals surface area contributed by atoms with Gasteiger partial charge in [-0.15, -0.1) is 0 Å². The summed E-state index contributed by atoms with van der Waals surface area (Å²) in [6.07, 6.45) is 0. The molecule has 2 aliphatic rings. The molecule has 10 aromatic rings. The number of rotatable bonds is 5. The zero-order chi connectivity index (χ0) is 40.9. The third kappa shape index (κ3) is 5.22. The Labute approximate surface area is 356 Å². The Morgan fingerprint density at radius 1 is 0.361 bits per heavy atom. The summed E-state index contributed by atoms with van der Waals surface area (Å²) < 4.78 is 0. The van der Waals surface area contributed by atoms with E-state index in [1.54, 1.807) is 0 Å². The zero-order valence-electron chi connectivity index (χ0n) is 34.4. The van der Waals surface area contributed by atoms with Crippen molar-refractivity contribution in [2.45, 2.75) is 31.6 Å². The molecule has 1 heterocycles. The lowest BCUT2D eigenvalue weighted by molar-refractivity contribution is 0.661. The summed E-state index contributed by atoms with van der Waals surface area (Å²) in [6.45, 7) is 7.12. The fourth-order valence-corrected chi connectivity index (χ4v) is 10.8. The third-order valence-corrected chi connectivity index (χ3v) is 13.8. The van der Waals surface area contributed by atoms with Gasteiger partial charge >= 0.3 is 0 Å². The maximum Gasteiger partial charge on any atom is 0.161 e. The van der Waals surface area contributed by atoms with Crippen LogP contribution >= 0.6 is 0 Å². The van der Waals surface area contributed by atoms with Crippen molar-refractivity contribution in [1.82, 2.24) is 9.97 Å². The number of benzene rings is 9. The molecule has 0 radical (unpaired) electrons. The van der Waals surface area contributed by atoms with E-state index < -0.39 is 0 Å². The van der Waals surface area contributed by atoms with Gasteiger partial charge in [0.05, 0.1) is 11.4 Å². The summed E-state index contributed by atoms with van der Waals surface area (Å²) >= 11 is 0. The van der Waals surface area contributed by atoms with E-state index in [0.717, 1.165) is 33.5 Å². The van der Waals surface area contributed by atoms with Crippen molar-refractivity contribution >= 4 is 21.5 Å². The van der Waals surface area contributed by atoms with Crippen molar-refractivity contribution in [3.63, 3.8) is 0 Å². The topological polar surface area (TPSA) is 25.8 Å². The molecule has 1 atom stereocenters. The van der Waals surface area contributed by atoms with Gasteiger partial charge in [-0.3, -0.25) is 0 Å². The molecule has 288 valence electrons. The Hall–Kier alpha value is -7.42. The first-order chi connectivity index (χ1) is 29.9. The van der Waals surface area contributed by atoms with Crippen molar-refractivity contribution in [2.75, 3.05) is 0 Å². The maximum absolute atomic E-state index is 5.55. The van der Waals surface area contributed by atoms with Gasteiger partial charge in [-0.1, -0.05) is 196 Å². The fourth-order valence-electron chi connectivity index (χ4n) is 10.8. The van der Waals surface area contributed by atoms with Gasteiger partial charge < -0.3 is 0 Å². The van der Waals surface area contributed by atoms with Gasteiger partial charge in [0.15, 0.2) is 5.82 Å². The van der Waals surface area contributed by atoms with E-state index in [4.69, 9.17) is 9.97 Å². The van der Waals surface area contributed by atoms with Crippen molar-refractivity contribution in [2.24, 2.45) is 0 Å². The smallest absolute Gasteiger partial charge is 0.161 e.